The zero-order valence-electron chi connectivity index (χ0n) is 29.1. The van der Waals surface area contributed by atoms with Gasteiger partial charge in [0.1, 0.15) is 5.82 Å². The summed E-state index contributed by atoms with van der Waals surface area (Å²) in [5.74, 6) is 1.24. The van der Waals surface area contributed by atoms with E-state index in [2.05, 4.69) is 73.8 Å². The van der Waals surface area contributed by atoms with Crippen LogP contribution in [0.15, 0.2) is 108 Å². The third-order valence-corrected chi connectivity index (χ3v) is 7.91. The third-order valence-electron chi connectivity index (χ3n) is 7.91. The van der Waals surface area contributed by atoms with Gasteiger partial charge in [-0.05, 0) is 64.8 Å². The Labute approximate surface area is 287 Å². The first-order valence-corrected chi connectivity index (χ1v) is 15.1. The maximum Gasteiger partial charge on any atom is 0.113 e. The molecule has 0 aliphatic rings. The van der Waals surface area contributed by atoms with Gasteiger partial charge in [0, 0.05) is 48.8 Å². The average Bonchev–Trinajstić information content (AvgIpc) is 3.65. The second-order valence-corrected chi connectivity index (χ2v) is 11.7. The quantitative estimate of drug-likeness (QED) is 0.158. The predicted octanol–water partition coefficient (Wildman–Crippen LogP) is 10.5. The van der Waals surface area contributed by atoms with Gasteiger partial charge in [0.15, 0.2) is 0 Å². The van der Waals surface area contributed by atoms with E-state index in [9.17, 15) is 4.39 Å². The Morgan fingerprint density at radius 3 is 2.33 bits per heavy atom. The monoisotopic (exact) mass is 789 g/mol. The molecule has 0 aliphatic carbocycles. The molecule has 3 heterocycles. The fourth-order valence-corrected chi connectivity index (χ4v) is 5.69. The summed E-state index contributed by atoms with van der Waals surface area (Å²) in [5, 5.41) is 0.683. The predicted molar refractivity (Wildman–Crippen MR) is 181 cm³/mol. The molecular weight excluding hydrogens is 750 g/mol. The number of hydrogen-bond acceptors (Lipinski definition) is 3. The summed E-state index contributed by atoms with van der Waals surface area (Å²) >= 11 is 0. The van der Waals surface area contributed by atoms with E-state index in [0.717, 1.165) is 28.1 Å². The molecule has 0 fully saturated rings. The van der Waals surface area contributed by atoms with Crippen molar-refractivity contribution in [1.82, 2.24) is 14.5 Å². The number of para-hydroxylation sites is 2. The molecular formula is C40H36FIrN3O-2. The molecule has 0 saturated heterocycles. The normalized spacial score (nSPS) is 12.4. The average molecular weight is 789 g/mol. The number of aromatic nitrogens is 3. The van der Waals surface area contributed by atoms with E-state index in [1.807, 2.05) is 36.4 Å². The molecule has 3 aromatic heterocycles. The molecule has 7 rings (SSSR count). The maximum absolute atomic E-state index is 14.1. The van der Waals surface area contributed by atoms with E-state index < -0.39 is 6.85 Å². The Morgan fingerprint density at radius 2 is 1.65 bits per heavy atom. The van der Waals surface area contributed by atoms with Gasteiger partial charge in [-0.2, -0.15) is 0 Å². The molecule has 0 N–H and O–H groups in total. The summed E-state index contributed by atoms with van der Waals surface area (Å²) in [7, 11) is 0. The number of hydrogen-bond donors (Lipinski definition) is 0. The van der Waals surface area contributed by atoms with Gasteiger partial charge in [-0.15, -0.1) is 35.9 Å². The van der Waals surface area contributed by atoms with Crippen molar-refractivity contribution in [2.75, 3.05) is 0 Å². The van der Waals surface area contributed by atoms with E-state index >= 15 is 0 Å². The third kappa shape index (κ3) is 6.89. The Bertz CT molecular complexity index is 2150. The van der Waals surface area contributed by atoms with Gasteiger partial charge < -0.3 is 14.0 Å². The van der Waals surface area contributed by atoms with Crippen LogP contribution < -0.4 is 0 Å². The topological polar surface area (TPSA) is 43.9 Å². The van der Waals surface area contributed by atoms with Crippen LogP contribution >= 0.6 is 0 Å². The van der Waals surface area contributed by atoms with E-state index in [-0.39, 0.29) is 31.5 Å². The smallest absolute Gasteiger partial charge is 0.113 e. The molecule has 7 aromatic rings. The molecule has 46 heavy (non-hydrogen) atoms. The van der Waals surface area contributed by atoms with E-state index in [1.165, 1.54) is 35.0 Å². The molecule has 0 amide bonds. The first-order chi connectivity index (χ1) is 23.0. The SMILES string of the molecule is CC(C)c1cccc(C(C)C)c1Cn1c(-c2[c-]oc3ccc(F)cc23)nc2ccccc21.[2H]C([2H])([2H])c1ccc(-c2[c-]cccc2)nc1.[Ir]. The largest absolute Gasteiger partial charge is 0.557 e. The summed E-state index contributed by atoms with van der Waals surface area (Å²) in [6.07, 6.45) is 4.39. The van der Waals surface area contributed by atoms with E-state index in [4.69, 9.17) is 13.5 Å². The minimum atomic E-state index is -2.09. The molecule has 0 bridgehead atoms. The van der Waals surface area contributed by atoms with Crippen LogP contribution in [-0.4, -0.2) is 14.5 Å². The van der Waals surface area contributed by atoms with Crippen molar-refractivity contribution in [2.45, 2.75) is 52.9 Å². The first-order valence-electron chi connectivity index (χ1n) is 16.6. The molecule has 6 heteroatoms. The molecule has 0 saturated carbocycles. The van der Waals surface area contributed by atoms with Crippen LogP contribution in [-0.2, 0) is 26.7 Å². The number of fused-ring (bicyclic) bond motifs is 2. The second-order valence-electron chi connectivity index (χ2n) is 11.7. The minimum absolute atomic E-state index is 0. The number of imidazole rings is 1. The van der Waals surface area contributed by atoms with Crippen LogP contribution in [0.4, 0.5) is 4.39 Å². The van der Waals surface area contributed by atoms with Crippen molar-refractivity contribution in [3.05, 3.63) is 144 Å². The fraction of sp³-hybridized carbons (Fsp3) is 0.200. The number of pyridine rings is 1. The summed E-state index contributed by atoms with van der Waals surface area (Å²) in [6, 6.07) is 33.0. The van der Waals surface area contributed by atoms with Gasteiger partial charge >= 0.3 is 0 Å². The number of nitrogens with zero attached hydrogens (tertiary/aromatic N) is 3. The van der Waals surface area contributed by atoms with Gasteiger partial charge in [0.2, 0.25) is 0 Å². The summed E-state index contributed by atoms with van der Waals surface area (Å²) in [6.45, 7) is 7.51. The van der Waals surface area contributed by atoms with Crippen LogP contribution in [0.2, 0.25) is 0 Å². The Kier molecular flexibility index (Phi) is 9.07. The first kappa shape index (κ1) is 29.0. The molecule has 0 unspecified atom stereocenters. The van der Waals surface area contributed by atoms with Crippen molar-refractivity contribution in [1.29, 1.82) is 0 Å². The van der Waals surface area contributed by atoms with Crippen molar-refractivity contribution >= 4 is 22.0 Å². The number of rotatable bonds is 6. The number of aryl methyl sites for hydroxylation is 1. The number of benzene rings is 4. The van der Waals surface area contributed by atoms with Gasteiger partial charge in [-0.1, -0.05) is 93.2 Å². The van der Waals surface area contributed by atoms with E-state index in [0.29, 0.717) is 34.9 Å². The van der Waals surface area contributed by atoms with Crippen molar-refractivity contribution < 1.29 is 33.0 Å². The van der Waals surface area contributed by atoms with Crippen molar-refractivity contribution in [2.24, 2.45) is 0 Å². The Balaban J connectivity index is 0.000000233. The summed E-state index contributed by atoms with van der Waals surface area (Å²) < 4.78 is 43.6. The molecule has 4 nitrogen and oxygen atoms in total. The van der Waals surface area contributed by atoms with Gasteiger partial charge in [0.25, 0.3) is 0 Å². The molecule has 235 valence electrons. The maximum atomic E-state index is 14.1. The Morgan fingerprint density at radius 1 is 0.891 bits per heavy atom. The zero-order valence-corrected chi connectivity index (χ0v) is 28.5. The number of furan rings is 1. The molecule has 1 radical (unpaired) electrons. The minimum Gasteiger partial charge on any atom is -0.557 e. The number of halogens is 1. The van der Waals surface area contributed by atoms with Crippen LogP contribution in [0.5, 0.6) is 0 Å². The van der Waals surface area contributed by atoms with Gasteiger partial charge in [-0.25, -0.2) is 4.39 Å². The summed E-state index contributed by atoms with van der Waals surface area (Å²) in [4.78, 5) is 9.05. The van der Waals surface area contributed by atoms with Crippen molar-refractivity contribution in [3.63, 3.8) is 0 Å². The Hall–Kier alpha value is -4.38. The van der Waals surface area contributed by atoms with Crippen LogP contribution in [0, 0.1) is 25.0 Å². The zero-order chi connectivity index (χ0) is 34.0. The molecule has 0 atom stereocenters. The van der Waals surface area contributed by atoms with Crippen LogP contribution in [0.1, 0.15) is 65.9 Å². The standard InChI is InChI=1S/C28H26FN2O.C12H10N.Ir/c1-17(2)20-8-7-9-21(18(3)4)23(20)15-31-26-11-6-5-10-25(26)30-28(31)24-16-32-27-13-12-19(29)14-22(24)27;1-10-7-8-12(13-9-10)11-5-3-2-4-6-11;/h5-14,17-18H,15H2,1-4H3;2-5,7-9H,1H3;/q2*-1;/i;1D3;. The molecule has 0 spiro atoms. The molecule has 0 aliphatic heterocycles. The summed E-state index contributed by atoms with van der Waals surface area (Å²) in [5.41, 5.74) is 9.07. The molecule has 4 aromatic carbocycles. The van der Waals surface area contributed by atoms with E-state index in [1.54, 1.807) is 24.3 Å². The van der Waals surface area contributed by atoms with Crippen molar-refractivity contribution in [3.8, 4) is 22.6 Å². The van der Waals surface area contributed by atoms with Crippen LogP contribution in [0.25, 0.3) is 44.6 Å². The van der Waals surface area contributed by atoms with Crippen LogP contribution in [0.3, 0.4) is 0 Å². The van der Waals surface area contributed by atoms with Gasteiger partial charge in [0.05, 0.1) is 16.9 Å². The van der Waals surface area contributed by atoms with Gasteiger partial charge in [-0.3, -0.25) is 4.98 Å². The second kappa shape index (κ2) is 14.4. The fourth-order valence-electron chi connectivity index (χ4n) is 5.69.